The molecule has 0 unspecified atom stereocenters. The number of pyridine rings is 1. The van der Waals surface area contributed by atoms with Crippen molar-refractivity contribution in [3.63, 3.8) is 0 Å². The molecule has 2 saturated heterocycles. The van der Waals surface area contributed by atoms with Crippen LogP contribution >= 0.6 is 12.4 Å². The molecule has 2 aromatic heterocycles. The Morgan fingerprint density at radius 3 is 2.71 bits per heavy atom. The number of fused-ring (bicyclic) bond motifs is 3. The summed E-state index contributed by atoms with van der Waals surface area (Å²) < 4.78 is 15.2. The topological polar surface area (TPSA) is 61.5 Å². The van der Waals surface area contributed by atoms with E-state index in [9.17, 15) is 4.79 Å². The highest BCUT2D eigenvalue weighted by Crippen LogP contribution is 2.27. The van der Waals surface area contributed by atoms with Crippen molar-refractivity contribution in [2.75, 3.05) is 19.7 Å². The van der Waals surface area contributed by atoms with Gasteiger partial charge in [-0.05, 0) is 36.2 Å². The van der Waals surface area contributed by atoms with Crippen LogP contribution in [0, 0.1) is 0 Å². The number of morpholine rings is 1. The molecule has 2 aromatic carbocycles. The molecule has 0 saturated carbocycles. The van der Waals surface area contributed by atoms with E-state index in [4.69, 9.17) is 9.47 Å². The second kappa shape index (κ2) is 9.62. The van der Waals surface area contributed by atoms with Crippen molar-refractivity contribution in [1.29, 1.82) is 0 Å². The van der Waals surface area contributed by atoms with Gasteiger partial charge in [-0.1, -0.05) is 30.3 Å². The standard InChI is InChI=1S/C26H26N4O3.ClH/c31-26-14-23(32-17-19-4-2-1-3-5-19)8-9-29(26)21-6-7-25-20(12-21)15-27-30(25)11-10-28-16-24-13-22(28)18-33-24;/h1-9,12,14-15,22,24H,10-11,13,16-18H2;1H/t22-,24-;/m0./s1. The van der Waals surface area contributed by atoms with Crippen molar-refractivity contribution in [2.24, 2.45) is 0 Å². The van der Waals surface area contributed by atoms with Crippen molar-refractivity contribution in [3.8, 4) is 11.4 Å². The van der Waals surface area contributed by atoms with E-state index >= 15 is 0 Å². The Bertz CT molecular complexity index is 1340. The fourth-order valence-electron chi connectivity index (χ4n) is 4.88. The maximum absolute atomic E-state index is 12.8. The number of aromatic nitrogens is 3. The molecule has 2 fully saturated rings. The van der Waals surface area contributed by atoms with Gasteiger partial charge >= 0.3 is 0 Å². The maximum Gasteiger partial charge on any atom is 0.258 e. The van der Waals surface area contributed by atoms with E-state index in [0.717, 1.165) is 54.8 Å². The molecule has 7 nitrogen and oxygen atoms in total. The van der Waals surface area contributed by atoms with E-state index in [1.807, 2.05) is 60.8 Å². The lowest BCUT2D eigenvalue weighted by molar-refractivity contribution is 0.0291. The Balaban J connectivity index is 0.00000241. The SMILES string of the molecule is Cl.O=c1cc(OCc2ccccc2)ccn1-c1ccc2c(cnn2CCN2C[C@@H]3C[C@H]2CO3)c1. The molecule has 0 N–H and O–H groups in total. The van der Waals surface area contributed by atoms with Crippen molar-refractivity contribution < 1.29 is 9.47 Å². The predicted octanol–water partition coefficient (Wildman–Crippen LogP) is 3.66. The summed E-state index contributed by atoms with van der Waals surface area (Å²) in [5.74, 6) is 0.565. The molecular weight excluding hydrogens is 452 g/mol. The quantitative estimate of drug-likeness (QED) is 0.405. The van der Waals surface area contributed by atoms with Gasteiger partial charge in [0, 0.05) is 42.5 Å². The summed E-state index contributed by atoms with van der Waals surface area (Å²) in [4.78, 5) is 15.3. The molecule has 34 heavy (non-hydrogen) atoms. The fourth-order valence-corrected chi connectivity index (χ4v) is 4.88. The minimum Gasteiger partial charge on any atom is -0.489 e. The summed E-state index contributed by atoms with van der Waals surface area (Å²) >= 11 is 0. The van der Waals surface area contributed by atoms with E-state index in [1.165, 1.54) is 6.07 Å². The molecule has 0 amide bonds. The van der Waals surface area contributed by atoms with Gasteiger partial charge in [-0.25, -0.2) is 0 Å². The van der Waals surface area contributed by atoms with E-state index < -0.39 is 0 Å². The number of nitrogens with zero attached hydrogens (tertiary/aromatic N) is 4. The maximum atomic E-state index is 12.8. The summed E-state index contributed by atoms with van der Waals surface area (Å²) in [6.45, 7) is 4.15. The van der Waals surface area contributed by atoms with Crippen LogP contribution in [0.4, 0.5) is 0 Å². The predicted molar refractivity (Wildman–Crippen MR) is 133 cm³/mol. The van der Waals surface area contributed by atoms with Crippen LogP contribution in [-0.4, -0.2) is 51.1 Å². The average molecular weight is 479 g/mol. The number of hydrogen-bond acceptors (Lipinski definition) is 5. The van der Waals surface area contributed by atoms with E-state index in [0.29, 0.717) is 24.5 Å². The van der Waals surface area contributed by atoms with Crippen molar-refractivity contribution in [3.05, 3.63) is 89.0 Å². The Morgan fingerprint density at radius 1 is 1.06 bits per heavy atom. The molecule has 6 rings (SSSR count). The van der Waals surface area contributed by atoms with Crippen LogP contribution in [0.5, 0.6) is 5.75 Å². The Hall–Kier alpha value is -3.13. The number of halogens is 1. The molecule has 8 heteroatoms. The second-order valence-corrected chi connectivity index (χ2v) is 8.80. The molecule has 2 atom stereocenters. The van der Waals surface area contributed by atoms with Crippen molar-refractivity contribution >= 4 is 23.3 Å². The Kier molecular flexibility index (Phi) is 6.41. The second-order valence-electron chi connectivity index (χ2n) is 8.80. The summed E-state index contributed by atoms with van der Waals surface area (Å²) in [6, 6.07) is 19.9. The van der Waals surface area contributed by atoms with Gasteiger partial charge in [-0.15, -0.1) is 12.4 Å². The first kappa shape index (κ1) is 22.7. The highest BCUT2D eigenvalue weighted by molar-refractivity contribution is 5.85. The monoisotopic (exact) mass is 478 g/mol. The molecular formula is C26H27ClN4O3. The molecule has 4 heterocycles. The first-order chi connectivity index (χ1) is 16.2. The first-order valence-electron chi connectivity index (χ1n) is 11.4. The zero-order valence-corrected chi connectivity index (χ0v) is 19.6. The fraction of sp³-hybridized carbons (Fsp3) is 0.308. The van der Waals surface area contributed by atoms with Crippen LogP contribution in [0.1, 0.15) is 12.0 Å². The van der Waals surface area contributed by atoms with Gasteiger partial charge in [0.2, 0.25) is 0 Å². The van der Waals surface area contributed by atoms with Gasteiger partial charge in [-0.3, -0.25) is 18.9 Å². The van der Waals surface area contributed by atoms with E-state index in [1.54, 1.807) is 10.8 Å². The van der Waals surface area contributed by atoms with Crippen LogP contribution < -0.4 is 10.3 Å². The van der Waals surface area contributed by atoms with Gasteiger partial charge in [0.15, 0.2) is 0 Å². The summed E-state index contributed by atoms with van der Waals surface area (Å²) in [5, 5.41) is 5.62. The van der Waals surface area contributed by atoms with E-state index in [-0.39, 0.29) is 18.0 Å². The molecule has 2 aliphatic rings. The lowest BCUT2D eigenvalue weighted by atomic mass is 10.2. The molecule has 0 spiro atoms. The van der Waals surface area contributed by atoms with Gasteiger partial charge < -0.3 is 9.47 Å². The summed E-state index contributed by atoms with van der Waals surface area (Å²) in [7, 11) is 0. The summed E-state index contributed by atoms with van der Waals surface area (Å²) in [6.07, 6.45) is 5.22. The molecule has 176 valence electrons. The number of benzene rings is 2. The van der Waals surface area contributed by atoms with Crippen LogP contribution in [-0.2, 0) is 17.9 Å². The number of likely N-dealkylation sites (tertiary alicyclic amines) is 1. The highest BCUT2D eigenvalue weighted by atomic mass is 35.5. The molecule has 2 bridgehead atoms. The average Bonchev–Trinajstić information content (AvgIpc) is 3.58. The third kappa shape index (κ3) is 4.46. The van der Waals surface area contributed by atoms with Gasteiger partial charge in [0.05, 0.1) is 31.0 Å². The van der Waals surface area contributed by atoms with Gasteiger partial charge in [0.25, 0.3) is 5.56 Å². The zero-order valence-electron chi connectivity index (χ0n) is 18.7. The molecule has 2 aliphatic heterocycles. The number of ether oxygens (including phenoxy) is 2. The van der Waals surface area contributed by atoms with Crippen molar-refractivity contribution in [2.45, 2.75) is 31.7 Å². The highest BCUT2D eigenvalue weighted by Gasteiger charge is 2.38. The summed E-state index contributed by atoms with van der Waals surface area (Å²) in [5.41, 5.74) is 2.83. The van der Waals surface area contributed by atoms with Crippen LogP contribution in [0.3, 0.4) is 0 Å². The Labute approximate surface area is 203 Å². The minimum atomic E-state index is -0.126. The molecule has 0 aliphatic carbocycles. The molecule has 0 radical (unpaired) electrons. The van der Waals surface area contributed by atoms with Crippen LogP contribution in [0.2, 0.25) is 0 Å². The largest absolute Gasteiger partial charge is 0.489 e. The Morgan fingerprint density at radius 2 is 1.94 bits per heavy atom. The smallest absolute Gasteiger partial charge is 0.258 e. The zero-order chi connectivity index (χ0) is 22.2. The van der Waals surface area contributed by atoms with Crippen molar-refractivity contribution in [1.82, 2.24) is 19.2 Å². The number of hydrogen-bond donors (Lipinski definition) is 0. The van der Waals surface area contributed by atoms with Gasteiger partial charge in [-0.2, -0.15) is 5.10 Å². The lowest BCUT2D eigenvalue weighted by Gasteiger charge is -2.26. The molecule has 4 aromatic rings. The van der Waals surface area contributed by atoms with Crippen LogP contribution in [0.25, 0.3) is 16.6 Å². The van der Waals surface area contributed by atoms with Gasteiger partial charge in [0.1, 0.15) is 12.4 Å². The lowest BCUT2D eigenvalue weighted by Crippen LogP contribution is -2.38. The van der Waals surface area contributed by atoms with E-state index in [2.05, 4.69) is 14.7 Å². The number of rotatable bonds is 7. The third-order valence-electron chi connectivity index (χ3n) is 6.66. The third-order valence-corrected chi connectivity index (χ3v) is 6.66. The minimum absolute atomic E-state index is 0. The first-order valence-corrected chi connectivity index (χ1v) is 11.4. The normalized spacial score (nSPS) is 19.4. The van der Waals surface area contributed by atoms with Crippen LogP contribution in [0.15, 0.2) is 77.9 Å².